The zero-order chi connectivity index (χ0) is 13.9. The number of rotatable bonds is 3. The van der Waals surface area contributed by atoms with Crippen LogP contribution in [0.3, 0.4) is 0 Å². The van der Waals surface area contributed by atoms with Crippen LogP contribution in [-0.2, 0) is 11.3 Å². The van der Waals surface area contributed by atoms with E-state index in [-0.39, 0.29) is 11.8 Å². The molecule has 0 radical (unpaired) electrons. The zero-order valence-electron chi connectivity index (χ0n) is 11.7. The Morgan fingerprint density at radius 3 is 2.70 bits per heavy atom. The number of piperazine rings is 1. The fourth-order valence-corrected chi connectivity index (χ4v) is 3.96. The minimum absolute atomic E-state index is 0.140. The molecule has 1 N–H and O–H groups in total. The summed E-state index contributed by atoms with van der Waals surface area (Å²) in [6.07, 6.45) is 2.21. The Kier molecular flexibility index (Phi) is 4.38. The van der Waals surface area contributed by atoms with Crippen LogP contribution in [0.15, 0.2) is 17.5 Å². The van der Waals surface area contributed by atoms with Crippen molar-refractivity contribution in [1.29, 1.82) is 0 Å². The van der Waals surface area contributed by atoms with Gasteiger partial charge in [-0.2, -0.15) is 0 Å². The van der Waals surface area contributed by atoms with E-state index < -0.39 is 6.10 Å². The summed E-state index contributed by atoms with van der Waals surface area (Å²) in [6.45, 7) is 4.46. The molecule has 0 aromatic carbocycles. The largest absolute Gasteiger partial charge is 0.392 e. The Bertz CT molecular complexity index is 441. The molecule has 2 atom stereocenters. The second kappa shape index (κ2) is 6.24. The van der Waals surface area contributed by atoms with Gasteiger partial charge in [-0.05, 0) is 30.7 Å². The number of aliphatic hydroxyl groups excluding tert-OH is 1. The molecule has 2 aliphatic rings. The second-order valence-corrected chi connectivity index (χ2v) is 6.82. The van der Waals surface area contributed by atoms with Crippen molar-refractivity contribution < 1.29 is 9.90 Å². The van der Waals surface area contributed by atoms with Gasteiger partial charge in [-0.3, -0.25) is 9.69 Å². The molecule has 1 aromatic heterocycles. The molecule has 2 fully saturated rings. The molecule has 20 heavy (non-hydrogen) atoms. The lowest BCUT2D eigenvalue weighted by atomic mass is 10.0. The fourth-order valence-electron chi connectivity index (χ4n) is 3.21. The zero-order valence-corrected chi connectivity index (χ0v) is 12.5. The number of carbonyl (C=O) groups is 1. The summed E-state index contributed by atoms with van der Waals surface area (Å²) in [6, 6.07) is 4.25. The molecule has 1 saturated heterocycles. The second-order valence-electron chi connectivity index (χ2n) is 5.79. The van der Waals surface area contributed by atoms with Gasteiger partial charge in [0.1, 0.15) is 0 Å². The summed E-state index contributed by atoms with van der Waals surface area (Å²) < 4.78 is 0. The highest BCUT2D eigenvalue weighted by Gasteiger charge is 2.35. The third-order valence-corrected chi connectivity index (χ3v) is 5.30. The molecule has 0 bridgehead atoms. The summed E-state index contributed by atoms with van der Waals surface area (Å²) in [5.74, 6) is 0.0321. The standard InChI is InChI=1S/C15H22N2O2S/c18-14-5-1-4-13(14)15(19)17-8-6-16(7-9-17)11-12-3-2-10-20-12/h2-3,10,13-14,18H,1,4-9,11H2. The van der Waals surface area contributed by atoms with Gasteiger partial charge < -0.3 is 10.0 Å². The molecule has 3 rings (SSSR count). The lowest BCUT2D eigenvalue weighted by Gasteiger charge is -2.36. The smallest absolute Gasteiger partial charge is 0.228 e. The van der Waals surface area contributed by atoms with Gasteiger partial charge in [0.2, 0.25) is 5.91 Å². The van der Waals surface area contributed by atoms with E-state index in [2.05, 4.69) is 22.4 Å². The van der Waals surface area contributed by atoms with Crippen molar-refractivity contribution in [2.75, 3.05) is 26.2 Å². The number of amides is 1. The van der Waals surface area contributed by atoms with Crippen LogP contribution in [0, 0.1) is 5.92 Å². The number of hydrogen-bond acceptors (Lipinski definition) is 4. The fraction of sp³-hybridized carbons (Fsp3) is 0.667. The summed E-state index contributed by atoms with van der Waals surface area (Å²) in [5.41, 5.74) is 0. The first-order valence-corrected chi connectivity index (χ1v) is 8.33. The van der Waals surface area contributed by atoms with Crippen molar-refractivity contribution in [3.63, 3.8) is 0 Å². The van der Waals surface area contributed by atoms with E-state index in [0.29, 0.717) is 0 Å². The number of aliphatic hydroxyl groups is 1. The van der Waals surface area contributed by atoms with Gasteiger partial charge in [0.25, 0.3) is 0 Å². The third kappa shape index (κ3) is 3.05. The molecule has 1 aliphatic heterocycles. The predicted octanol–water partition coefficient (Wildman–Crippen LogP) is 1.55. The Morgan fingerprint density at radius 2 is 2.10 bits per heavy atom. The number of nitrogens with zero attached hydrogens (tertiary/aromatic N) is 2. The maximum atomic E-state index is 12.4. The van der Waals surface area contributed by atoms with Crippen molar-refractivity contribution in [1.82, 2.24) is 9.80 Å². The molecule has 1 saturated carbocycles. The maximum absolute atomic E-state index is 12.4. The quantitative estimate of drug-likeness (QED) is 0.920. The van der Waals surface area contributed by atoms with E-state index in [1.54, 1.807) is 11.3 Å². The van der Waals surface area contributed by atoms with E-state index in [4.69, 9.17) is 0 Å². The Hall–Kier alpha value is -0.910. The average Bonchev–Trinajstić information content (AvgIpc) is 3.10. The SMILES string of the molecule is O=C(C1CCCC1O)N1CCN(Cc2cccs2)CC1. The third-order valence-electron chi connectivity index (χ3n) is 4.44. The van der Waals surface area contributed by atoms with Crippen LogP contribution in [0.2, 0.25) is 0 Å². The van der Waals surface area contributed by atoms with Gasteiger partial charge in [-0.15, -0.1) is 11.3 Å². The van der Waals surface area contributed by atoms with Crippen LogP contribution in [-0.4, -0.2) is 53.1 Å². The van der Waals surface area contributed by atoms with E-state index in [0.717, 1.165) is 52.0 Å². The minimum Gasteiger partial charge on any atom is -0.392 e. The van der Waals surface area contributed by atoms with E-state index >= 15 is 0 Å². The van der Waals surface area contributed by atoms with E-state index in [9.17, 15) is 9.90 Å². The van der Waals surface area contributed by atoms with Crippen molar-refractivity contribution in [2.45, 2.75) is 31.9 Å². The summed E-state index contributed by atoms with van der Waals surface area (Å²) >= 11 is 1.79. The van der Waals surface area contributed by atoms with Crippen molar-refractivity contribution >= 4 is 17.2 Å². The first-order chi connectivity index (χ1) is 9.74. The van der Waals surface area contributed by atoms with Gasteiger partial charge in [-0.1, -0.05) is 6.07 Å². The van der Waals surface area contributed by atoms with Gasteiger partial charge in [0.15, 0.2) is 0 Å². The monoisotopic (exact) mass is 294 g/mol. The molecule has 1 aliphatic carbocycles. The first kappa shape index (κ1) is 14.0. The molecular formula is C15H22N2O2S. The molecule has 0 spiro atoms. The van der Waals surface area contributed by atoms with Crippen LogP contribution < -0.4 is 0 Å². The topological polar surface area (TPSA) is 43.8 Å². The molecule has 110 valence electrons. The number of carbonyl (C=O) groups excluding carboxylic acids is 1. The van der Waals surface area contributed by atoms with Crippen LogP contribution in [0.25, 0.3) is 0 Å². The summed E-state index contributed by atoms with van der Waals surface area (Å²) in [4.78, 5) is 18.1. The van der Waals surface area contributed by atoms with Gasteiger partial charge in [-0.25, -0.2) is 0 Å². The van der Waals surface area contributed by atoms with Crippen LogP contribution in [0.5, 0.6) is 0 Å². The van der Waals surface area contributed by atoms with Crippen LogP contribution in [0.1, 0.15) is 24.1 Å². The van der Waals surface area contributed by atoms with Crippen LogP contribution in [0.4, 0.5) is 0 Å². The minimum atomic E-state index is -0.411. The highest BCUT2D eigenvalue weighted by Crippen LogP contribution is 2.27. The summed E-state index contributed by atoms with van der Waals surface area (Å²) in [7, 11) is 0. The normalized spacial score (nSPS) is 27.9. The average molecular weight is 294 g/mol. The Labute approximate surface area is 124 Å². The van der Waals surface area contributed by atoms with Crippen molar-refractivity contribution in [2.24, 2.45) is 5.92 Å². The molecule has 1 amide bonds. The van der Waals surface area contributed by atoms with Crippen molar-refractivity contribution in [3.05, 3.63) is 22.4 Å². The number of thiophene rings is 1. The highest BCUT2D eigenvalue weighted by atomic mass is 32.1. The lowest BCUT2D eigenvalue weighted by molar-refractivity contribution is -0.140. The Balaban J connectivity index is 1.49. The molecule has 2 unspecified atom stereocenters. The maximum Gasteiger partial charge on any atom is 0.228 e. The summed E-state index contributed by atoms with van der Waals surface area (Å²) in [5, 5.41) is 12.0. The van der Waals surface area contributed by atoms with Crippen molar-refractivity contribution in [3.8, 4) is 0 Å². The molecule has 1 aromatic rings. The van der Waals surface area contributed by atoms with E-state index in [1.807, 2.05) is 4.90 Å². The van der Waals surface area contributed by atoms with Gasteiger partial charge >= 0.3 is 0 Å². The highest BCUT2D eigenvalue weighted by molar-refractivity contribution is 7.09. The molecule has 4 nitrogen and oxygen atoms in total. The molecule has 2 heterocycles. The Morgan fingerprint density at radius 1 is 1.30 bits per heavy atom. The molecular weight excluding hydrogens is 272 g/mol. The predicted molar refractivity (Wildman–Crippen MR) is 79.5 cm³/mol. The van der Waals surface area contributed by atoms with E-state index in [1.165, 1.54) is 4.88 Å². The molecule has 5 heteroatoms. The first-order valence-electron chi connectivity index (χ1n) is 7.45. The number of hydrogen-bond donors (Lipinski definition) is 1. The van der Waals surface area contributed by atoms with Gasteiger partial charge in [0.05, 0.1) is 12.0 Å². The lowest BCUT2D eigenvalue weighted by Crippen LogP contribution is -2.50. The van der Waals surface area contributed by atoms with Gasteiger partial charge in [0, 0.05) is 37.6 Å². The van der Waals surface area contributed by atoms with Crippen LogP contribution >= 0.6 is 11.3 Å².